The molecule has 1 saturated carbocycles. The Hall–Kier alpha value is -2.90. The third-order valence-corrected chi connectivity index (χ3v) is 8.36. The summed E-state index contributed by atoms with van der Waals surface area (Å²) in [4.78, 5) is 29.2. The van der Waals surface area contributed by atoms with Crippen LogP contribution in [0.25, 0.3) is 22.2 Å². The van der Waals surface area contributed by atoms with Crippen molar-refractivity contribution >= 4 is 34.4 Å². The van der Waals surface area contributed by atoms with Crippen LogP contribution in [-0.4, -0.2) is 68.9 Å². The Bertz CT molecular complexity index is 1270. The lowest BCUT2D eigenvalue weighted by Gasteiger charge is -2.53. The molecular weight excluding hydrogens is 460 g/mol. The molecule has 182 valence electrons. The molecule has 0 radical (unpaired) electrons. The van der Waals surface area contributed by atoms with E-state index in [0.29, 0.717) is 23.1 Å². The lowest BCUT2D eigenvalue weighted by atomic mass is 9.76. The molecule has 1 aromatic carbocycles. The fourth-order valence-corrected chi connectivity index (χ4v) is 6.48. The van der Waals surface area contributed by atoms with Gasteiger partial charge in [-0.1, -0.05) is 36.4 Å². The lowest BCUT2D eigenvalue weighted by Crippen LogP contribution is -2.62. The molecule has 3 fully saturated rings. The van der Waals surface area contributed by atoms with E-state index in [1.807, 2.05) is 23.2 Å². The Kier molecular flexibility index (Phi) is 5.77. The SMILES string of the molecule is C=CC(=O)N1CCC2(C1)CN([C@@H]1CCC[C@H](Nc3ncc(Cl)c(-c4c[nH]c5ccccc45)n3)C1)C2. The molecule has 7 nitrogen and oxygen atoms in total. The Morgan fingerprint density at radius 2 is 2.11 bits per heavy atom. The third kappa shape index (κ3) is 4.21. The second-order valence-corrected chi connectivity index (χ2v) is 10.8. The minimum Gasteiger partial charge on any atom is -0.360 e. The molecule has 4 heterocycles. The van der Waals surface area contributed by atoms with E-state index in [-0.39, 0.29) is 11.3 Å². The first-order valence-corrected chi connectivity index (χ1v) is 12.9. The summed E-state index contributed by atoms with van der Waals surface area (Å²) in [5.74, 6) is 0.701. The van der Waals surface area contributed by atoms with Crippen LogP contribution in [0.5, 0.6) is 0 Å². The van der Waals surface area contributed by atoms with Crippen molar-refractivity contribution in [3.63, 3.8) is 0 Å². The van der Waals surface area contributed by atoms with Crippen LogP contribution in [0.2, 0.25) is 5.02 Å². The average Bonchev–Trinajstić information content (AvgIpc) is 3.49. The highest BCUT2D eigenvalue weighted by Gasteiger charge is 2.50. The van der Waals surface area contributed by atoms with Crippen molar-refractivity contribution in [1.82, 2.24) is 24.8 Å². The average molecular weight is 491 g/mol. The smallest absolute Gasteiger partial charge is 0.245 e. The van der Waals surface area contributed by atoms with Gasteiger partial charge in [0.1, 0.15) is 0 Å². The van der Waals surface area contributed by atoms with E-state index in [2.05, 4.69) is 38.9 Å². The second kappa shape index (κ2) is 8.95. The number of carbonyl (C=O) groups excluding carboxylic acids is 1. The van der Waals surface area contributed by atoms with Gasteiger partial charge in [0.2, 0.25) is 11.9 Å². The zero-order chi connectivity index (χ0) is 24.0. The second-order valence-electron chi connectivity index (χ2n) is 10.4. The minimum absolute atomic E-state index is 0.0669. The molecule has 1 aliphatic carbocycles. The van der Waals surface area contributed by atoms with Gasteiger partial charge >= 0.3 is 0 Å². The zero-order valence-electron chi connectivity index (χ0n) is 19.8. The molecule has 8 heteroatoms. The van der Waals surface area contributed by atoms with Crippen LogP contribution in [-0.2, 0) is 4.79 Å². The molecule has 1 spiro atoms. The van der Waals surface area contributed by atoms with E-state index in [9.17, 15) is 4.79 Å². The van der Waals surface area contributed by atoms with Crippen LogP contribution in [0.1, 0.15) is 32.1 Å². The molecule has 6 rings (SSSR count). The molecule has 3 aliphatic rings. The topological polar surface area (TPSA) is 77.2 Å². The molecule has 2 aliphatic heterocycles. The van der Waals surface area contributed by atoms with Crippen molar-refractivity contribution in [2.24, 2.45) is 5.41 Å². The van der Waals surface area contributed by atoms with Crippen molar-refractivity contribution in [2.75, 3.05) is 31.5 Å². The van der Waals surface area contributed by atoms with E-state index in [0.717, 1.165) is 67.6 Å². The Labute approximate surface area is 210 Å². The van der Waals surface area contributed by atoms with Crippen molar-refractivity contribution in [2.45, 2.75) is 44.2 Å². The maximum Gasteiger partial charge on any atom is 0.245 e. The van der Waals surface area contributed by atoms with Crippen LogP contribution < -0.4 is 5.32 Å². The number of fused-ring (bicyclic) bond motifs is 1. The molecule has 35 heavy (non-hydrogen) atoms. The van der Waals surface area contributed by atoms with Gasteiger partial charge in [0.15, 0.2) is 0 Å². The number of hydrogen-bond donors (Lipinski definition) is 2. The summed E-state index contributed by atoms with van der Waals surface area (Å²) in [6.07, 6.45) is 10.8. The first-order valence-electron chi connectivity index (χ1n) is 12.5. The number of amides is 1. The van der Waals surface area contributed by atoms with E-state index < -0.39 is 0 Å². The van der Waals surface area contributed by atoms with Gasteiger partial charge < -0.3 is 15.2 Å². The number of aromatic amines is 1. The largest absolute Gasteiger partial charge is 0.360 e. The number of carbonyl (C=O) groups is 1. The Morgan fingerprint density at radius 1 is 1.26 bits per heavy atom. The lowest BCUT2D eigenvalue weighted by molar-refractivity contribution is -0.126. The molecule has 2 saturated heterocycles. The number of para-hydroxylation sites is 1. The molecule has 0 unspecified atom stereocenters. The predicted octanol–water partition coefficient (Wildman–Crippen LogP) is 4.72. The number of H-pyrrole nitrogens is 1. The van der Waals surface area contributed by atoms with Crippen molar-refractivity contribution in [3.05, 3.63) is 54.3 Å². The fraction of sp³-hybridized carbons (Fsp3) is 0.444. The third-order valence-electron chi connectivity index (χ3n) is 8.09. The van der Waals surface area contributed by atoms with E-state index >= 15 is 0 Å². The zero-order valence-corrected chi connectivity index (χ0v) is 20.6. The quantitative estimate of drug-likeness (QED) is 0.506. The number of likely N-dealkylation sites (tertiary alicyclic amines) is 2. The highest BCUT2D eigenvalue weighted by molar-refractivity contribution is 6.33. The van der Waals surface area contributed by atoms with Gasteiger partial charge in [-0.15, -0.1) is 0 Å². The van der Waals surface area contributed by atoms with Gasteiger partial charge in [-0.2, -0.15) is 0 Å². The van der Waals surface area contributed by atoms with Gasteiger partial charge in [-0.3, -0.25) is 9.69 Å². The Balaban J connectivity index is 1.11. The first-order chi connectivity index (χ1) is 17.0. The number of hydrogen-bond acceptors (Lipinski definition) is 5. The van der Waals surface area contributed by atoms with E-state index in [4.69, 9.17) is 16.6 Å². The maximum absolute atomic E-state index is 12.0. The summed E-state index contributed by atoms with van der Waals surface area (Å²) >= 11 is 6.52. The van der Waals surface area contributed by atoms with Crippen LogP contribution in [0.3, 0.4) is 0 Å². The molecule has 3 aromatic rings. The van der Waals surface area contributed by atoms with E-state index in [1.54, 1.807) is 6.20 Å². The monoisotopic (exact) mass is 490 g/mol. The number of benzene rings is 1. The van der Waals surface area contributed by atoms with Crippen molar-refractivity contribution in [3.8, 4) is 11.3 Å². The number of halogens is 1. The Morgan fingerprint density at radius 3 is 2.97 bits per heavy atom. The molecule has 2 atom stereocenters. The fourth-order valence-electron chi connectivity index (χ4n) is 6.29. The van der Waals surface area contributed by atoms with Gasteiger partial charge in [-0.25, -0.2) is 9.97 Å². The van der Waals surface area contributed by atoms with Crippen LogP contribution >= 0.6 is 11.6 Å². The van der Waals surface area contributed by atoms with Gasteiger partial charge in [-0.05, 0) is 44.2 Å². The molecule has 2 aromatic heterocycles. The van der Waals surface area contributed by atoms with Crippen molar-refractivity contribution in [1.29, 1.82) is 0 Å². The predicted molar refractivity (Wildman–Crippen MR) is 139 cm³/mol. The molecule has 0 bridgehead atoms. The summed E-state index contributed by atoms with van der Waals surface area (Å²) in [5.41, 5.74) is 3.09. The van der Waals surface area contributed by atoms with Crippen molar-refractivity contribution < 1.29 is 4.79 Å². The van der Waals surface area contributed by atoms with Gasteiger partial charge in [0.05, 0.1) is 16.9 Å². The summed E-state index contributed by atoms with van der Waals surface area (Å²) < 4.78 is 0. The van der Waals surface area contributed by atoms with Gasteiger partial charge in [0.25, 0.3) is 0 Å². The summed E-state index contributed by atoms with van der Waals surface area (Å²) in [6.45, 7) is 7.55. The number of anilines is 1. The number of aromatic nitrogens is 3. The summed E-state index contributed by atoms with van der Waals surface area (Å²) in [5, 5.41) is 5.25. The number of rotatable bonds is 5. The van der Waals surface area contributed by atoms with Crippen LogP contribution in [0.4, 0.5) is 5.95 Å². The number of nitrogens with zero attached hydrogens (tertiary/aromatic N) is 4. The summed E-state index contributed by atoms with van der Waals surface area (Å²) in [6, 6.07) is 9.07. The van der Waals surface area contributed by atoms with Crippen LogP contribution in [0.15, 0.2) is 49.3 Å². The van der Waals surface area contributed by atoms with E-state index in [1.165, 1.54) is 18.9 Å². The first kappa shape index (κ1) is 22.6. The van der Waals surface area contributed by atoms with Gasteiger partial charge in [0, 0.05) is 66.3 Å². The normalized spacial score (nSPS) is 24.0. The minimum atomic E-state index is 0.0669. The molecule has 2 N–H and O–H groups in total. The highest BCUT2D eigenvalue weighted by Crippen LogP contribution is 2.43. The summed E-state index contributed by atoms with van der Waals surface area (Å²) in [7, 11) is 0. The maximum atomic E-state index is 12.0. The van der Waals surface area contributed by atoms with Crippen LogP contribution in [0, 0.1) is 5.41 Å². The highest BCUT2D eigenvalue weighted by atomic mass is 35.5. The number of nitrogens with one attached hydrogen (secondary N) is 2. The standard InChI is InChI=1S/C27H31ClN6O/c1-2-24(35)33-11-10-27(15-33)16-34(17-27)19-7-5-6-18(12-19)31-26-30-14-22(28)25(32-26)21-13-29-23-9-4-3-8-20(21)23/h2-4,8-9,13-14,18-19,29H,1,5-7,10-12,15-17H2,(H,30,31,32)/t18-,19+/m0/s1. The molecule has 1 amide bonds. The molecular formula is C27H31ClN6O.